The largest absolute Gasteiger partial charge is 0.496 e. The Labute approximate surface area is 158 Å². The highest BCUT2D eigenvalue weighted by Gasteiger charge is 2.20. The van der Waals surface area contributed by atoms with Gasteiger partial charge in [0.1, 0.15) is 12.0 Å². The molecule has 0 unspecified atom stereocenters. The van der Waals surface area contributed by atoms with Gasteiger partial charge in [0, 0.05) is 63.0 Å². The topological polar surface area (TPSA) is 66.1 Å². The summed E-state index contributed by atoms with van der Waals surface area (Å²) in [5, 5.41) is 8.06. The van der Waals surface area contributed by atoms with E-state index in [9.17, 15) is 0 Å². The van der Waals surface area contributed by atoms with Gasteiger partial charge in [0.2, 0.25) is 0 Å². The minimum Gasteiger partial charge on any atom is -0.496 e. The van der Waals surface area contributed by atoms with Crippen molar-refractivity contribution < 1.29 is 9.26 Å². The third-order valence-corrected chi connectivity index (χ3v) is 4.68. The fourth-order valence-electron chi connectivity index (χ4n) is 3.04. The monoisotopic (exact) mass is 377 g/mol. The van der Waals surface area contributed by atoms with Gasteiger partial charge in [-0.3, -0.25) is 9.89 Å². The first kappa shape index (κ1) is 18.5. The molecule has 1 aliphatic heterocycles. The number of nitrogens with zero attached hydrogens (tertiary/aromatic N) is 4. The zero-order valence-electron chi connectivity index (χ0n) is 15.1. The Balaban J connectivity index is 1.52. The van der Waals surface area contributed by atoms with E-state index in [1.807, 2.05) is 31.3 Å². The highest BCUT2D eigenvalue weighted by atomic mass is 35.5. The molecule has 26 heavy (non-hydrogen) atoms. The van der Waals surface area contributed by atoms with E-state index in [2.05, 4.69) is 25.3 Å². The second-order valence-electron chi connectivity index (χ2n) is 6.11. The van der Waals surface area contributed by atoms with Crippen molar-refractivity contribution in [2.75, 3.05) is 40.3 Å². The van der Waals surface area contributed by atoms with E-state index in [-0.39, 0.29) is 0 Å². The standard InChI is InChI=1S/C18H24ClN5O2/c1-20-18(21-12-14-3-4-15(19)11-17(14)25-2)24-8-6-23(7-9-24)13-16-5-10-26-22-16/h3-5,10-11H,6-9,12-13H2,1-2H3,(H,20,21). The number of aromatic nitrogens is 1. The van der Waals surface area contributed by atoms with Crippen molar-refractivity contribution in [3.05, 3.63) is 46.8 Å². The summed E-state index contributed by atoms with van der Waals surface area (Å²) in [5.74, 6) is 1.67. The fraction of sp³-hybridized carbons (Fsp3) is 0.444. The molecule has 1 saturated heterocycles. The zero-order valence-corrected chi connectivity index (χ0v) is 15.9. The molecule has 7 nitrogen and oxygen atoms in total. The first-order chi connectivity index (χ1) is 12.7. The SMILES string of the molecule is CN=C(NCc1ccc(Cl)cc1OC)N1CCN(Cc2ccon2)CC1. The number of rotatable bonds is 5. The summed E-state index contributed by atoms with van der Waals surface area (Å²) in [6.07, 6.45) is 1.61. The average Bonchev–Trinajstić information content (AvgIpc) is 3.17. The maximum atomic E-state index is 6.02. The van der Waals surface area contributed by atoms with Crippen LogP contribution in [0.1, 0.15) is 11.3 Å². The quantitative estimate of drug-likeness (QED) is 0.636. The van der Waals surface area contributed by atoms with Gasteiger partial charge in [-0.25, -0.2) is 0 Å². The summed E-state index contributed by atoms with van der Waals surface area (Å²) in [5.41, 5.74) is 2.01. The summed E-state index contributed by atoms with van der Waals surface area (Å²) >= 11 is 6.02. The van der Waals surface area contributed by atoms with E-state index in [1.54, 1.807) is 13.4 Å². The molecular weight excluding hydrogens is 354 g/mol. The molecular formula is C18H24ClN5O2. The number of hydrogen-bond acceptors (Lipinski definition) is 5. The summed E-state index contributed by atoms with van der Waals surface area (Å²) in [6.45, 7) is 5.19. The fourth-order valence-corrected chi connectivity index (χ4v) is 3.20. The van der Waals surface area contributed by atoms with E-state index in [4.69, 9.17) is 20.9 Å². The van der Waals surface area contributed by atoms with Crippen molar-refractivity contribution in [1.29, 1.82) is 0 Å². The van der Waals surface area contributed by atoms with Crippen LogP contribution in [0.2, 0.25) is 5.02 Å². The summed E-state index contributed by atoms with van der Waals surface area (Å²) < 4.78 is 10.3. The maximum absolute atomic E-state index is 6.02. The molecule has 1 N–H and O–H groups in total. The van der Waals surface area contributed by atoms with Crippen molar-refractivity contribution in [3.8, 4) is 5.75 Å². The highest BCUT2D eigenvalue weighted by Crippen LogP contribution is 2.23. The molecule has 2 aromatic rings. The molecule has 140 valence electrons. The first-order valence-electron chi connectivity index (χ1n) is 8.59. The number of ether oxygens (including phenoxy) is 1. The molecule has 2 heterocycles. The van der Waals surface area contributed by atoms with Crippen molar-refractivity contribution in [1.82, 2.24) is 20.3 Å². The number of benzene rings is 1. The predicted molar refractivity (Wildman–Crippen MR) is 102 cm³/mol. The van der Waals surface area contributed by atoms with E-state index in [0.29, 0.717) is 11.6 Å². The van der Waals surface area contributed by atoms with Gasteiger partial charge in [0.05, 0.1) is 12.8 Å². The summed E-state index contributed by atoms with van der Waals surface area (Å²) in [7, 11) is 3.46. The molecule has 0 saturated carbocycles. The number of piperazine rings is 1. The van der Waals surface area contributed by atoms with E-state index >= 15 is 0 Å². The smallest absolute Gasteiger partial charge is 0.194 e. The van der Waals surface area contributed by atoms with E-state index in [0.717, 1.165) is 55.7 Å². The van der Waals surface area contributed by atoms with E-state index < -0.39 is 0 Å². The van der Waals surface area contributed by atoms with Gasteiger partial charge < -0.3 is 19.5 Å². The first-order valence-corrected chi connectivity index (χ1v) is 8.97. The molecule has 1 aliphatic rings. The lowest BCUT2D eigenvalue weighted by Crippen LogP contribution is -2.52. The average molecular weight is 378 g/mol. The second kappa shape index (κ2) is 8.91. The van der Waals surface area contributed by atoms with Gasteiger partial charge in [-0.1, -0.05) is 22.8 Å². The Hall–Kier alpha value is -2.25. The number of hydrogen-bond donors (Lipinski definition) is 1. The Morgan fingerprint density at radius 2 is 2.12 bits per heavy atom. The Morgan fingerprint density at radius 1 is 1.31 bits per heavy atom. The number of methoxy groups -OCH3 is 1. The minimum absolute atomic E-state index is 0.631. The maximum Gasteiger partial charge on any atom is 0.194 e. The number of halogens is 1. The lowest BCUT2D eigenvalue weighted by atomic mass is 10.2. The van der Waals surface area contributed by atoms with Gasteiger partial charge in [-0.05, 0) is 12.1 Å². The molecule has 1 aromatic carbocycles. The van der Waals surface area contributed by atoms with Crippen LogP contribution in [0, 0.1) is 0 Å². The molecule has 3 rings (SSSR count). The van der Waals surface area contributed by atoms with Crippen molar-refractivity contribution in [3.63, 3.8) is 0 Å². The summed E-state index contributed by atoms with van der Waals surface area (Å²) in [6, 6.07) is 7.57. The van der Waals surface area contributed by atoms with Crippen molar-refractivity contribution in [2.45, 2.75) is 13.1 Å². The van der Waals surface area contributed by atoms with Crippen LogP contribution in [0.3, 0.4) is 0 Å². The lowest BCUT2D eigenvalue weighted by molar-refractivity contribution is 0.169. The molecule has 0 atom stereocenters. The van der Waals surface area contributed by atoms with Gasteiger partial charge in [0.15, 0.2) is 5.96 Å². The molecule has 0 aliphatic carbocycles. The van der Waals surface area contributed by atoms with Gasteiger partial charge in [-0.2, -0.15) is 0 Å². The lowest BCUT2D eigenvalue weighted by Gasteiger charge is -2.36. The van der Waals surface area contributed by atoms with Crippen LogP contribution in [0.5, 0.6) is 5.75 Å². The zero-order chi connectivity index (χ0) is 18.4. The van der Waals surface area contributed by atoms with Crippen LogP contribution in [0.25, 0.3) is 0 Å². The normalized spacial score (nSPS) is 16.0. The third kappa shape index (κ3) is 4.68. The third-order valence-electron chi connectivity index (χ3n) is 4.45. The molecule has 0 amide bonds. The minimum atomic E-state index is 0.631. The molecule has 0 bridgehead atoms. The van der Waals surface area contributed by atoms with Crippen LogP contribution in [-0.4, -0.2) is 61.3 Å². The molecule has 1 fully saturated rings. The van der Waals surface area contributed by atoms with Gasteiger partial charge in [-0.15, -0.1) is 0 Å². The Kier molecular flexibility index (Phi) is 6.35. The number of aliphatic imine (C=N–C) groups is 1. The molecule has 1 aromatic heterocycles. The number of guanidine groups is 1. The Bertz CT molecular complexity index is 727. The Morgan fingerprint density at radius 3 is 2.77 bits per heavy atom. The van der Waals surface area contributed by atoms with Gasteiger partial charge >= 0.3 is 0 Å². The molecule has 8 heteroatoms. The summed E-state index contributed by atoms with van der Waals surface area (Å²) in [4.78, 5) is 9.05. The van der Waals surface area contributed by atoms with Crippen LogP contribution < -0.4 is 10.1 Å². The van der Waals surface area contributed by atoms with Crippen LogP contribution >= 0.6 is 11.6 Å². The van der Waals surface area contributed by atoms with E-state index in [1.165, 1.54) is 0 Å². The van der Waals surface area contributed by atoms with Crippen LogP contribution in [0.15, 0.2) is 40.0 Å². The highest BCUT2D eigenvalue weighted by molar-refractivity contribution is 6.30. The van der Waals surface area contributed by atoms with Crippen LogP contribution in [0.4, 0.5) is 0 Å². The van der Waals surface area contributed by atoms with Gasteiger partial charge in [0.25, 0.3) is 0 Å². The van der Waals surface area contributed by atoms with Crippen LogP contribution in [-0.2, 0) is 13.1 Å². The number of nitrogens with one attached hydrogen (secondary N) is 1. The molecule has 0 spiro atoms. The predicted octanol–water partition coefficient (Wildman–Crippen LogP) is 2.23. The van der Waals surface area contributed by atoms with Crippen molar-refractivity contribution >= 4 is 17.6 Å². The second-order valence-corrected chi connectivity index (χ2v) is 6.55. The molecule has 0 radical (unpaired) electrons. The van der Waals surface area contributed by atoms with Crippen molar-refractivity contribution in [2.24, 2.45) is 4.99 Å².